The first kappa shape index (κ1) is 22.5. The van der Waals surface area contributed by atoms with E-state index in [0.717, 1.165) is 12.1 Å². The molecule has 0 spiro atoms. The number of rotatable bonds is 7. The molecule has 154 valence electrons. The van der Waals surface area contributed by atoms with Gasteiger partial charge in [-0.1, -0.05) is 16.8 Å². The van der Waals surface area contributed by atoms with Crippen LogP contribution in [0.5, 0.6) is 11.6 Å². The van der Waals surface area contributed by atoms with Crippen LogP contribution in [0.1, 0.15) is 12.3 Å². The van der Waals surface area contributed by atoms with Gasteiger partial charge in [0.25, 0.3) is 5.88 Å². The van der Waals surface area contributed by atoms with Crippen molar-refractivity contribution >= 4 is 30.0 Å². The van der Waals surface area contributed by atoms with Crippen LogP contribution in [0.25, 0.3) is 11.4 Å². The van der Waals surface area contributed by atoms with E-state index in [-0.39, 0.29) is 59.2 Å². The van der Waals surface area contributed by atoms with Crippen LogP contribution in [-0.2, 0) is 11.2 Å². The second-order valence-corrected chi connectivity index (χ2v) is 6.19. The molecule has 1 aromatic carbocycles. The Labute approximate surface area is 174 Å². The summed E-state index contributed by atoms with van der Waals surface area (Å²) < 4.78 is 38.3. The molecule has 0 aliphatic rings. The number of halogens is 4. The lowest BCUT2D eigenvalue weighted by Crippen LogP contribution is -2.26. The fourth-order valence-electron chi connectivity index (χ4n) is 2.30. The van der Waals surface area contributed by atoms with Crippen molar-refractivity contribution in [3.8, 4) is 23.0 Å². The highest BCUT2D eigenvalue weighted by molar-refractivity contribution is 6.30. The number of nitrogens with two attached hydrogens (primary N) is 1. The monoisotopic (exact) mass is 446 g/mol. The van der Waals surface area contributed by atoms with E-state index in [4.69, 9.17) is 31.7 Å². The third-order valence-corrected chi connectivity index (χ3v) is 3.72. The molecule has 0 aliphatic heterocycles. The number of pyridine rings is 1. The summed E-state index contributed by atoms with van der Waals surface area (Å²) in [6.07, 6.45) is 0.956. The molecular formula is C17H14Cl2F2N4O4. The van der Waals surface area contributed by atoms with Crippen molar-refractivity contribution in [2.24, 2.45) is 5.73 Å². The molecule has 0 saturated carbocycles. The van der Waals surface area contributed by atoms with Crippen molar-refractivity contribution in [2.75, 3.05) is 0 Å². The summed E-state index contributed by atoms with van der Waals surface area (Å²) in [5.74, 6) is -2.91. The van der Waals surface area contributed by atoms with E-state index in [1.807, 2.05) is 0 Å². The van der Waals surface area contributed by atoms with Gasteiger partial charge in [-0.15, -0.1) is 12.4 Å². The summed E-state index contributed by atoms with van der Waals surface area (Å²) >= 11 is 5.61. The average molecular weight is 447 g/mol. The molecule has 0 amide bonds. The molecule has 8 nitrogen and oxygen atoms in total. The highest BCUT2D eigenvalue weighted by Gasteiger charge is 2.18. The van der Waals surface area contributed by atoms with E-state index in [0.29, 0.717) is 0 Å². The summed E-state index contributed by atoms with van der Waals surface area (Å²) in [5.41, 5.74) is 5.67. The summed E-state index contributed by atoms with van der Waals surface area (Å²) in [7, 11) is 0. The fourth-order valence-corrected chi connectivity index (χ4v) is 2.44. The lowest BCUT2D eigenvalue weighted by atomic mass is 10.1. The molecule has 1 unspecified atom stereocenters. The predicted molar refractivity (Wildman–Crippen MR) is 100 cm³/mol. The topological polar surface area (TPSA) is 124 Å². The lowest BCUT2D eigenvalue weighted by molar-refractivity contribution is -0.137. The van der Waals surface area contributed by atoms with E-state index in [1.165, 1.54) is 18.3 Å². The first-order valence-corrected chi connectivity index (χ1v) is 8.28. The van der Waals surface area contributed by atoms with Gasteiger partial charge in [0, 0.05) is 24.7 Å². The first-order chi connectivity index (χ1) is 13.3. The minimum absolute atomic E-state index is 0. The van der Waals surface area contributed by atoms with Crippen molar-refractivity contribution in [3.05, 3.63) is 53.0 Å². The van der Waals surface area contributed by atoms with Crippen LogP contribution in [0.2, 0.25) is 5.02 Å². The standard InChI is InChI=1S/C17H13ClF2N4O4.ClH/c18-8-3-13(20)17(22-7-8)27-10-1-2-11(12(19)6-10)16-23-14(28-24-16)4-9(21)5-15(25)26;/h1-3,6-7,9H,4-5,21H2,(H,25,26);1H. The molecule has 0 saturated heterocycles. The summed E-state index contributed by atoms with van der Waals surface area (Å²) in [4.78, 5) is 18.3. The van der Waals surface area contributed by atoms with Crippen LogP contribution < -0.4 is 10.5 Å². The number of carbonyl (C=O) groups is 1. The molecule has 0 radical (unpaired) electrons. The maximum absolute atomic E-state index is 14.4. The van der Waals surface area contributed by atoms with Crippen LogP contribution in [0.15, 0.2) is 35.0 Å². The molecule has 3 aromatic rings. The number of aromatic nitrogens is 3. The lowest BCUT2D eigenvalue weighted by Gasteiger charge is -2.07. The summed E-state index contributed by atoms with van der Waals surface area (Å²) in [6.45, 7) is 0. The van der Waals surface area contributed by atoms with Gasteiger partial charge in [0.2, 0.25) is 11.7 Å². The van der Waals surface area contributed by atoms with E-state index >= 15 is 0 Å². The minimum Gasteiger partial charge on any atom is -0.481 e. The third kappa shape index (κ3) is 5.83. The van der Waals surface area contributed by atoms with Gasteiger partial charge >= 0.3 is 5.97 Å². The molecule has 0 bridgehead atoms. The molecule has 2 heterocycles. The third-order valence-electron chi connectivity index (χ3n) is 3.51. The van der Waals surface area contributed by atoms with Crippen molar-refractivity contribution < 1.29 is 27.9 Å². The van der Waals surface area contributed by atoms with Gasteiger partial charge in [-0.2, -0.15) is 4.98 Å². The Bertz CT molecular complexity index is 1020. The molecule has 0 aliphatic carbocycles. The number of benzene rings is 1. The molecular weight excluding hydrogens is 433 g/mol. The molecule has 3 N–H and O–H groups in total. The molecule has 3 rings (SSSR count). The van der Waals surface area contributed by atoms with Crippen molar-refractivity contribution in [2.45, 2.75) is 18.9 Å². The Kier molecular flexibility index (Phi) is 7.43. The largest absolute Gasteiger partial charge is 0.481 e. The summed E-state index contributed by atoms with van der Waals surface area (Å²) in [5, 5.41) is 12.5. The van der Waals surface area contributed by atoms with Crippen LogP contribution in [0.4, 0.5) is 8.78 Å². The number of carboxylic acids is 1. The number of hydrogen-bond donors (Lipinski definition) is 2. The smallest absolute Gasteiger partial charge is 0.304 e. The van der Waals surface area contributed by atoms with Gasteiger partial charge in [-0.05, 0) is 18.2 Å². The number of hydrogen-bond acceptors (Lipinski definition) is 7. The Balaban J connectivity index is 0.00000300. The Morgan fingerprint density at radius 1 is 1.31 bits per heavy atom. The van der Waals surface area contributed by atoms with Gasteiger partial charge in [0.15, 0.2) is 5.82 Å². The first-order valence-electron chi connectivity index (χ1n) is 7.90. The Morgan fingerprint density at radius 2 is 2.07 bits per heavy atom. The summed E-state index contributed by atoms with van der Waals surface area (Å²) in [6, 6.07) is 4.01. The molecule has 2 aromatic heterocycles. The zero-order valence-corrected chi connectivity index (χ0v) is 16.1. The predicted octanol–water partition coefficient (Wildman–Crippen LogP) is 3.62. The highest BCUT2D eigenvalue weighted by atomic mass is 35.5. The molecule has 0 fully saturated rings. The SMILES string of the molecule is Cl.NC(CC(=O)O)Cc1nc(-c2ccc(Oc3ncc(Cl)cc3F)cc2F)no1. The second kappa shape index (κ2) is 9.59. The quantitative estimate of drug-likeness (QED) is 0.563. The number of aliphatic carboxylic acids is 1. The average Bonchev–Trinajstić information content (AvgIpc) is 3.04. The van der Waals surface area contributed by atoms with Crippen molar-refractivity contribution in [1.29, 1.82) is 0 Å². The van der Waals surface area contributed by atoms with Crippen molar-refractivity contribution in [1.82, 2.24) is 15.1 Å². The van der Waals surface area contributed by atoms with Crippen LogP contribution in [0, 0.1) is 11.6 Å². The number of nitrogens with zero attached hydrogens (tertiary/aromatic N) is 3. The van der Waals surface area contributed by atoms with Gasteiger partial charge in [-0.25, -0.2) is 13.8 Å². The van der Waals surface area contributed by atoms with E-state index in [2.05, 4.69) is 15.1 Å². The van der Waals surface area contributed by atoms with Gasteiger partial charge < -0.3 is 20.1 Å². The van der Waals surface area contributed by atoms with Gasteiger partial charge in [0.05, 0.1) is 17.0 Å². The molecule has 12 heteroatoms. The zero-order chi connectivity index (χ0) is 20.3. The normalized spacial score (nSPS) is 11.6. The van der Waals surface area contributed by atoms with E-state index in [1.54, 1.807) is 0 Å². The fraction of sp³-hybridized carbons (Fsp3) is 0.176. The number of carboxylic acid groups (broad SMARTS) is 1. The molecule has 1 atom stereocenters. The van der Waals surface area contributed by atoms with E-state index in [9.17, 15) is 13.6 Å². The molecule has 29 heavy (non-hydrogen) atoms. The van der Waals surface area contributed by atoms with Crippen LogP contribution in [0.3, 0.4) is 0 Å². The van der Waals surface area contributed by atoms with Gasteiger partial charge in [0.1, 0.15) is 11.6 Å². The zero-order valence-electron chi connectivity index (χ0n) is 14.5. The van der Waals surface area contributed by atoms with Crippen LogP contribution in [-0.4, -0.2) is 32.2 Å². The van der Waals surface area contributed by atoms with E-state index < -0.39 is 23.6 Å². The second-order valence-electron chi connectivity index (χ2n) is 5.76. The maximum Gasteiger partial charge on any atom is 0.304 e. The van der Waals surface area contributed by atoms with Crippen molar-refractivity contribution in [3.63, 3.8) is 0 Å². The number of ether oxygens (including phenoxy) is 1. The van der Waals surface area contributed by atoms with Crippen LogP contribution >= 0.6 is 24.0 Å². The Hall–Kier alpha value is -2.82. The maximum atomic E-state index is 14.4. The van der Waals surface area contributed by atoms with Gasteiger partial charge in [-0.3, -0.25) is 4.79 Å². The highest BCUT2D eigenvalue weighted by Crippen LogP contribution is 2.28. The Morgan fingerprint density at radius 3 is 2.72 bits per heavy atom. The minimum atomic E-state index is -1.06.